The fourth-order valence-electron chi connectivity index (χ4n) is 3.79. The van der Waals surface area contributed by atoms with Crippen LogP contribution in [-0.4, -0.2) is 54.1 Å². The van der Waals surface area contributed by atoms with Crippen molar-refractivity contribution in [3.05, 3.63) is 35.4 Å². The summed E-state index contributed by atoms with van der Waals surface area (Å²) in [7, 11) is 0. The van der Waals surface area contributed by atoms with Gasteiger partial charge in [0.1, 0.15) is 12.1 Å². The number of benzene rings is 1. The highest BCUT2D eigenvalue weighted by Crippen LogP contribution is 2.38. The molecule has 2 aliphatic rings. The summed E-state index contributed by atoms with van der Waals surface area (Å²) in [5.41, 5.74) is 2.04. The van der Waals surface area contributed by atoms with Gasteiger partial charge in [-0.2, -0.15) is 0 Å². The quantitative estimate of drug-likeness (QED) is 0.572. The van der Waals surface area contributed by atoms with Crippen LogP contribution in [0, 0.1) is 5.41 Å². The van der Waals surface area contributed by atoms with Crippen LogP contribution in [0.3, 0.4) is 0 Å². The normalized spacial score (nSPS) is 24.3. The molecule has 0 aromatic heterocycles. The van der Waals surface area contributed by atoms with E-state index in [1.54, 1.807) is 13.8 Å². The van der Waals surface area contributed by atoms with Crippen LogP contribution >= 0.6 is 0 Å². The SMILES string of the molecule is CCOC(=O)CN1CC2(CCC(OCc3ccc(C(C)=N)cc3)CC2)OC1=O. The van der Waals surface area contributed by atoms with E-state index in [9.17, 15) is 9.59 Å². The predicted octanol–water partition coefficient (Wildman–Crippen LogP) is 3.29. The van der Waals surface area contributed by atoms with Gasteiger partial charge in [-0.1, -0.05) is 24.3 Å². The number of nitrogens with one attached hydrogen (secondary N) is 1. The first-order chi connectivity index (χ1) is 13.4. The van der Waals surface area contributed by atoms with Crippen molar-refractivity contribution in [2.45, 2.75) is 57.8 Å². The number of hydrogen-bond acceptors (Lipinski definition) is 6. The Morgan fingerprint density at radius 2 is 1.96 bits per heavy atom. The lowest BCUT2D eigenvalue weighted by molar-refractivity contribution is -0.143. The molecule has 0 radical (unpaired) electrons. The maximum absolute atomic E-state index is 12.1. The monoisotopic (exact) mass is 388 g/mol. The topological polar surface area (TPSA) is 88.9 Å². The van der Waals surface area contributed by atoms with Gasteiger partial charge in [0.25, 0.3) is 0 Å². The molecule has 1 aliphatic heterocycles. The Morgan fingerprint density at radius 1 is 1.29 bits per heavy atom. The smallest absolute Gasteiger partial charge is 0.411 e. The average molecular weight is 388 g/mol. The van der Waals surface area contributed by atoms with Gasteiger partial charge in [0.05, 0.1) is 25.9 Å². The van der Waals surface area contributed by atoms with Crippen molar-refractivity contribution in [3.8, 4) is 0 Å². The summed E-state index contributed by atoms with van der Waals surface area (Å²) in [6.07, 6.45) is 2.79. The Hall–Kier alpha value is -2.41. The molecule has 1 spiro atoms. The van der Waals surface area contributed by atoms with Crippen LogP contribution < -0.4 is 0 Å². The molecular weight excluding hydrogens is 360 g/mol. The minimum Gasteiger partial charge on any atom is -0.465 e. The van der Waals surface area contributed by atoms with Crippen molar-refractivity contribution in [2.75, 3.05) is 19.7 Å². The van der Waals surface area contributed by atoms with Crippen LogP contribution in [-0.2, 0) is 25.6 Å². The fraction of sp³-hybridized carbons (Fsp3) is 0.571. The highest BCUT2D eigenvalue weighted by atomic mass is 16.6. The molecule has 1 aromatic rings. The number of esters is 1. The lowest BCUT2D eigenvalue weighted by Gasteiger charge is -2.35. The highest BCUT2D eigenvalue weighted by molar-refractivity contribution is 5.96. The van der Waals surface area contributed by atoms with Gasteiger partial charge in [-0.15, -0.1) is 0 Å². The third-order valence-electron chi connectivity index (χ3n) is 5.38. The first-order valence-corrected chi connectivity index (χ1v) is 9.80. The molecule has 1 N–H and O–H groups in total. The number of rotatable bonds is 7. The Morgan fingerprint density at radius 3 is 2.57 bits per heavy atom. The van der Waals surface area contributed by atoms with Crippen molar-refractivity contribution in [1.29, 1.82) is 5.41 Å². The van der Waals surface area contributed by atoms with Gasteiger partial charge in [-0.05, 0) is 50.7 Å². The average Bonchev–Trinajstić information content (AvgIpc) is 2.96. The summed E-state index contributed by atoms with van der Waals surface area (Å²) in [4.78, 5) is 25.2. The number of carbonyl (C=O) groups is 2. The van der Waals surface area contributed by atoms with Crippen LogP contribution in [0.2, 0.25) is 0 Å². The zero-order valence-electron chi connectivity index (χ0n) is 16.5. The summed E-state index contributed by atoms with van der Waals surface area (Å²) in [6.45, 7) is 4.72. The maximum atomic E-state index is 12.1. The van der Waals surface area contributed by atoms with Gasteiger partial charge in [0, 0.05) is 5.71 Å². The zero-order valence-corrected chi connectivity index (χ0v) is 16.5. The summed E-state index contributed by atoms with van der Waals surface area (Å²) >= 11 is 0. The number of ether oxygens (including phenoxy) is 3. The molecule has 152 valence electrons. The predicted molar refractivity (Wildman–Crippen MR) is 103 cm³/mol. The first-order valence-electron chi connectivity index (χ1n) is 9.80. The second-order valence-electron chi connectivity index (χ2n) is 7.54. The van der Waals surface area contributed by atoms with E-state index in [2.05, 4.69) is 0 Å². The Kier molecular flexibility index (Phi) is 6.34. The van der Waals surface area contributed by atoms with E-state index in [1.807, 2.05) is 24.3 Å². The fourth-order valence-corrected chi connectivity index (χ4v) is 3.79. The van der Waals surface area contributed by atoms with E-state index in [0.717, 1.165) is 36.8 Å². The molecule has 7 nitrogen and oxygen atoms in total. The lowest BCUT2D eigenvalue weighted by atomic mass is 9.83. The molecule has 1 aromatic carbocycles. The molecule has 0 bridgehead atoms. The van der Waals surface area contributed by atoms with Gasteiger partial charge >= 0.3 is 12.1 Å². The molecular formula is C21H28N2O5. The minimum atomic E-state index is -0.507. The molecule has 1 aliphatic carbocycles. The standard InChI is InChI=1S/C21H28N2O5/c1-3-26-19(24)12-23-14-21(28-20(23)25)10-8-18(9-11-21)27-13-16-4-6-17(7-5-16)15(2)22/h4-7,18,22H,3,8-14H2,1-2H3. The van der Waals surface area contributed by atoms with E-state index in [1.165, 1.54) is 4.90 Å². The zero-order chi connectivity index (χ0) is 20.1. The maximum Gasteiger partial charge on any atom is 0.411 e. The molecule has 1 amide bonds. The van der Waals surface area contributed by atoms with Crippen molar-refractivity contribution in [3.63, 3.8) is 0 Å². The number of hydrogen-bond donors (Lipinski definition) is 1. The van der Waals surface area contributed by atoms with Crippen LogP contribution in [0.4, 0.5) is 4.79 Å². The van der Waals surface area contributed by atoms with Gasteiger partial charge < -0.3 is 19.6 Å². The molecule has 7 heteroatoms. The second kappa shape index (κ2) is 8.73. The van der Waals surface area contributed by atoms with Crippen molar-refractivity contribution in [1.82, 2.24) is 4.90 Å². The first kappa shape index (κ1) is 20.3. The summed E-state index contributed by atoms with van der Waals surface area (Å²) in [5, 5.41) is 7.64. The third kappa shape index (κ3) is 4.90. The molecule has 3 rings (SSSR count). The van der Waals surface area contributed by atoms with Crippen molar-refractivity contribution >= 4 is 17.8 Å². The number of carbonyl (C=O) groups excluding carboxylic acids is 2. The Balaban J connectivity index is 1.46. The molecule has 0 unspecified atom stereocenters. The number of nitrogens with zero attached hydrogens (tertiary/aromatic N) is 1. The number of amides is 1. The molecule has 0 atom stereocenters. The van der Waals surface area contributed by atoms with Gasteiger partial charge in [0.2, 0.25) is 0 Å². The molecule has 1 saturated carbocycles. The summed E-state index contributed by atoms with van der Waals surface area (Å²) in [6, 6.07) is 7.85. The Bertz CT molecular complexity index is 723. The third-order valence-corrected chi connectivity index (χ3v) is 5.38. The Labute approximate surface area is 165 Å². The second-order valence-corrected chi connectivity index (χ2v) is 7.54. The lowest BCUT2D eigenvalue weighted by Crippen LogP contribution is -2.41. The van der Waals surface area contributed by atoms with Crippen LogP contribution in [0.25, 0.3) is 0 Å². The van der Waals surface area contributed by atoms with Crippen molar-refractivity contribution < 1.29 is 23.8 Å². The van der Waals surface area contributed by atoms with E-state index in [4.69, 9.17) is 19.6 Å². The van der Waals surface area contributed by atoms with Gasteiger partial charge in [-0.3, -0.25) is 9.69 Å². The molecule has 28 heavy (non-hydrogen) atoms. The van der Waals surface area contributed by atoms with Crippen LogP contribution in [0.5, 0.6) is 0 Å². The van der Waals surface area contributed by atoms with E-state index < -0.39 is 17.7 Å². The van der Waals surface area contributed by atoms with Crippen molar-refractivity contribution in [2.24, 2.45) is 0 Å². The summed E-state index contributed by atoms with van der Waals surface area (Å²) in [5.74, 6) is -0.405. The van der Waals surface area contributed by atoms with Crippen LogP contribution in [0.1, 0.15) is 50.7 Å². The molecule has 1 saturated heterocycles. The molecule has 2 fully saturated rings. The summed E-state index contributed by atoms with van der Waals surface area (Å²) < 4.78 is 16.6. The van der Waals surface area contributed by atoms with Gasteiger partial charge in [-0.25, -0.2) is 4.79 Å². The van der Waals surface area contributed by atoms with E-state index >= 15 is 0 Å². The van der Waals surface area contributed by atoms with E-state index in [-0.39, 0.29) is 12.6 Å². The minimum absolute atomic E-state index is 0.0560. The molecule has 1 heterocycles. The van der Waals surface area contributed by atoms with Crippen LogP contribution in [0.15, 0.2) is 24.3 Å². The highest BCUT2D eigenvalue weighted by Gasteiger charge is 2.47. The van der Waals surface area contributed by atoms with Gasteiger partial charge in [0.15, 0.2) is 0 Å². The largest absolute Gasteiger partial charge is 0.465 e. The van der Waals surface area contributed by atoms with E-state index in [0.29, 0.717) is 25.5 Å².